The van der Waals surface area contributed by atoms with Gasteiger partial charge in [-0.2, -0.15) is 10.2 Å². The predicted molar refractivity (Wildman–Crippen MR) is 56.2 cm³/mol. The van der Waals surface area contributed by atoms with Gasteiger partial charge in [0.1, 0.15) is 18.7 Å². The van der Waals surface area contributed by atoms with Crippen molar-refractivity contribution in [3.05, 3.63) is 23.5 Å². The molecule has 0 saturated heterocycles. The number of nitrogens with two attached hydrogens (primary N) is 1. The van der Waals surface area contributed by atoms with E-state index in [-0.39, 0.29) is 0 Å². The Morgan fingerprint density at radius 1 is 1.40 bits per heavy atom. The lowest BCUT2D eigenvalue weighted by Gasteiger charge is -2.03. The van der Waals surface area contributed by atoms with Gasteiger partial charge in [-0.15, -0.1) is 0 Å². The lowest BCUT2D eigenvalue weighted by molar-refractivity contribution is 0.593. The Kier molecular flexibility index (Phi) is 2.18. The van der Waals surface area contributed by atoms with Crippen LogP contribution in [0.3, 0.4) is 0 Å². The summed E-state index contributed by atoms with van der Waals surface area (Å²) >= 11 is 0. The summed E-state index contributed by atoms with van der Waals surface area (Å²) in [4.78, 5) is 4.14. The van der Waals surface area contributed by atoms with Gasteiger partial charge in [-0.1, -0.05) is 0 Å². The number of anilines is 1. The highest BCUT2D eigenvalue weighted by atomic mass is 15.4. The van der Waals surface area contributed by atoms with E-state index in [0.29, 0.717) is 6.54 Å². The first kappa shape index (κ1) is 9.70. The van der Waals surface area contributed by atoms with Crippen LogP contribution < -0.4 is 5.73 Å². The molecule has 6 nitrogen and oxygen atoms in total. The van der Waals surface area contributed by atoms with Crippen LogP contribution in [0, 0.1) is 13.8 Å². The minimum absolute atomic E-state index is 0.598. The van der Waals surface area contributed by atoms with Gasteiger partial charge in [0.2, 0.25) is 0 Å². The average molecular weight is 206 g/mol. The Hall–Kier alpha value is -1.85. The zero-order chi connectivity index (χ0) is 11.0. The number of nitrogens with zero attached hydrogens (tertiary/aromatic N) is 5. The molecule has 0 saturated carbocycles. The first-order chi connectivity index (χ1) is 7.09. The summed E-state index contributed by atoms with van der Waals surface area (Å²) in [7, 11) is 1.86. The van der Waals surface area contributed by atoms with Crippen LogP contribution in [-0.2, 0) is 13.6 Å². The summed E-state index contributed by atoms with van der Waals surface area (Å²) in [5.41, 5.74) is 8.42. The highest BCUT2D eigenvalue weighted by Crippen LogP contribution is 2.15. The fraction of sp³-hybridized carbons (Fsp3) is 0.444. The lowest BCUT2D eigenvalue weighted by Crippen LogP contribution is -2.09. The summed E-state index contributed by atoms with van der Waals surface area (Å²) in [6, 6.07) is 0. The Morgan fingerprint density at radius 3 is 2.60 bits per heavy atom. The van der Waals surface area contributed by atoms with Gasteiger partial charge in [0.05, 0.1) is 17.1 Å². The van der Waals surface area contributed by atoms with Gasteiger partial charge in [-0.25, -0.2) is 4.98 Å². The Balaban J connectivity index is 2.33. The van der Waals surface area contributed by atoms with Crippen LogP contribution in [0.1, 0.15) is 17.2 Å². The normalized spacial score (nSPS) is 10.9. The van der Waals surface area contributed by atoms with E-state index in [2.05, 4.69) is 15.2 Å². The second kappa shape index (κ2) is 3.38. The molecular formula is C9H14N6. The van der Waals surface area contributed by atoms with Gasteiger partial charge in [0.15, 0.2) is 0 Å². The summed E-state index contributed by atoms with van der Waals surface area (Å²) in [6.07, 6.45) is 1.53. The van der Waals surface area contributed by atoms with Crippen molar-refractivity contribution in [1.82, 2.24) is 24.5 Å². The first-order valence-electron chi connectivity index (χ1n) is 4.72. The highest BCUT2D eigenvalue weighted by molar-refractivity contribution is 5.46. The molecule has 0 bridgehead atoms. The Bertz CT molecular complexity index is 481. The van der Waals surface area contributed by atoms with E-state index in [1.165, 1.54) is 6.33 Å². The molecule has 0 aliphatic carbocycles. The fourth-order valence-corrected chi connectivity index (χ4v) is 1.46. The maximum atomic E-state index is 5.84. The SMILES string of the molecule is Cc1nn(Cc2ncnn2C)c(C)c1N. The molecule has 2 aromatic rings. The molecule has 0 unspecified atom stereocenters. The van der Waals surface area contributed by atoms with Gasteiger partial charge in [0.25, 0.3) is 0 Å². The quantitative estimate of drug-likeness (QED) is 0.764. The number of aryl methyl sites for hydroxylation is 2. The van der Waals surface area contributed by atoms with Gasteiger partial charge in [-0.3, -0.25) is 9.36 Å². The van der Waals surface area contributed by atoms with E-state index < -0.39 is 0 Å². The Morgan fingerprint density at radius 2 is 2.13 bits per heavy atom. The van der Waals surface area contributed by atoms with E-state index in [0.717, 1.165) is 22.9 Å². The molecule has 2 aromatic heterocycles. The maximum Gasteiger partial charge on any atom is 0.148 e. The molecule has 6 heteroatoms. The molecule has 0 aliphatic heterocycles. The molecule has 2 heterocycles. The predicted octanol–water partition coefficient (Wildman–Crippen LogP) is 0.259. The fourth-order valence-electron chi connectivity index (χ4n) is 1.46. The lowest BCUT2D eigenvalue weighted by atomic mass is 10.3. The van der Waals surface area contributed by atoms with E-state index in [9.17, 15) is 0 Å². The van der Waals surface area contributed by atoms with Crippen LogP contribution in [0.2, 0.25) is 0 Å². The number of rotatable bonds is 2. The second-order valence-electron chi connectivity index (χ2n) is 3.54. The number of hydrogen-bond acceptors (Lipinski definition) is 4. The van der Waals surface area contributed by atoms with Crippen molar-refractivity contribution in [2.75, 3.05) is 5.73 Å². The minimum Gasteiger partial charge on any atom is -0.396 e. The molecule has 2 rings (SSSR count). The van der Waals surface area contributed by atoms with Crippen molar-refractivity contribution in [2.24, 2.45) is 7.05 Å². The standard InChI is InChI=1S/C9H14N6/c1-6-9(10)7(2)15(13-6)4-8-11-5-12-14(8)3/h5H,4,10H2,1-3H3. The minimum atomic E-state index is 0.598. The van der Waals surface area contributed by atoms with Crippen LogP contribution in [-0.4, -0.2) is 24.5 Å². The average Bonchev–Trinajstić information content (AvgIpc) is 2.69. The molecular weight excluding hydrogens is 192 g/mol. The second-order valence-corrected chi connectivity index (χ2v) is 3.54. The molecule has 15 heavy (non-hydrogen) atoms. The molecule has 0 radical (unpaired) electrons. The third kappa shape index (κ3) is 1.58. The molecule has 2 N–H and O–H groups in total. The first-order valence-corrected chi connectivity index (χ1v) is 4.72. The number of aromatic nitrogens is 5. The van der Waals surface area contributed by atoms with Gasteiger partial charge < -0.3 is 5.73 Å². The number of nitrogen functional groups attached to an aromatic ring is 1. The molecule has 0 amide bonds. The van der Waals surface area contributed by atoms with Gasteiger partial charge in [-0.05, 0) is 13.8 Å². The summed E-state index contributed by atoms with van der Waals surface area (Å²) in [5, 5.41) is 8.34. The molecule has 0 aliphatic rings. The Labute approximate surface area is 87.7 Å². The van der Waals surface area contributed by atoms with Crippen molar-refractivity contribution in [2.45, 2.75) is 20.4 Å². The zero-order valence-corrected chi connectivity index (χ0v) is 9.10. The summed E-state index contributed by atoms with van der Waals surface area (Å²) < 4.78 is 3.57. The van der Waals surface area contributed by atoms with Crippen molar-refractivity contribution < 1.29 is 0 Å². The molecule has 0 aromatic carbocycles. The van der Waals surface area contributed by atoms with Crippen LogP contribution in [0.4, 0.5) is 5.69 Å². The zero-order valence-electron chi connectivity index (χ0n) is 9.10. The molecule has 80 valence electrons. The third-order valence-corrected chi connectivity index (χ3v) is 2.53. The van der Waals surface area contributed by atoms with E-state index >= 15 is 0 Å². The summed E-state index contributed by atoms with van der Waals surface area (Å²) in [5.74, 6) is 0.862. The van der Waals surface area contributed by atoms with Crippen molar-refractivity contribution in [3.63, 3.8) is 0 Å². The molecule has 0 atom stereocenters. The van der Waals surface area contributed by atoms with Crippen molar-refractivity contribution >= 4 is 5.69 Å². The monoisotopic (exact) mass is 206 g/mol. The number of hydrogen-bond donors (Lipinski definition) is 1. The van der Waals surface area contributed by atoms with E-state index in [4.69, 9.17) is 5.73 Å². The molecule has 0 fully saturated rings. The van der Waals surface area contributed by atoms with Crippen molar-refractivity contribution in [3.8, 4) is 0 Å². The van der Waals surface area contributed by atoms with Crippen LogP contribution in [0.15, 0.2) is 6.33 Å². The maximum absolute atomic E-state index is 5.84. The van der Waals surface area contributed by atoms with Gasteiger partial charge in [0, 0.05) is 7.05 Å². The largest absolute Gasteiger partial charge is 0.396 e. The van der Waals surface area contributed by atoms with E-state index in [1.807, 2.05) is 25.6 Å². The van der Waals surface area contributed by atoms with Crippen LogP contribution >= 0.6 is 0 Å². The van der Waals surface area contributed by atoms with Crippen LogP contribution in [0.25, 0.3) is 0 Å². The third-order valence-electron chi connectivity index (χ3n) is 2.53. The van der Waals surface area contributed by atoms with E-state index in [1.54, 1.807) is 4.68 Å². The van der Waals surface area contributed by atoms with Crippen molar-refractivity contribution in [1.29, 1.82) is 0 Å². The smallest absolute Gasteiger partial charge is 0.148 e. The van der Waals surface area contributed by atoms with Crippen LogP contribution in [0.5, 0.6) is 0 Å². The highest BCUT2D eigenvalue weighted by Gasteiger charge is 2.10. The molecule has 0 spiro atoms. The van der Waals surface area contributed by atoms with Gasteiger partial charge >= 0.3 is 0 Å². The topological polar surface area (TPSA) is 74.5 Å². The summed E-state index contributed by atoms with van der Waals surface area (Å²) in [6.45, 7) is 4.45.